The Kier molecular flexibility index (Phi) is 7.44. The monoisotopic (exact) mass is 396 g/mol. The second-order valence-electron chi connectivity index (χ2n) is 6.94. The highest BCUT2D eigenvalue weighted by Crippen LogP contribution is 2.19. The molecular formula is C22H28N4O3. The Hall–Kier alpha value is -3.09. The SMILES string of the molecule is CN=C(NCc1ccc(OCc2ccccn2)cc1)N1CCC(C(=O)OC)CC1. The maximum Gasteiger partial charge on any atom is 0.308 e. The molecule has 1 saturated heterocycles. The fourth-order valence-corrected chi connectivity index (χ4v) is 3.35. The van der Waals surface area contributed by atoms with Gasteiger partial charge in [-0.3, -0.25) is 14.8 Å². The van der Waals surface area contributed by atoms with E-state index in [9.17, 15) is 4.79 Å². The minimum absolute atomic E-state index is 0.00649. The smallest absolute Gasteiger partial charge is 0.308 e. The van der Waals surface area contributed by atoms with Crippen LogP contribution in [0.1, 0.15) is 24.1 Å². The molecule has 0 radical (unpaired) electrons. The Bertz CT molecular complexity index is 801. The van der Waals surface area contributed by atoms with Crippen LogP contribution in [0.2, 0.25) is 0 Å². The van der Waals surface area contributed by atoms with Crippen LogP contribution in [0.4, 0.5) is 0 Å². The molecule has 0 amide bonds. The van der Waals surface area contributed by atoms with Crippen molar-refractivity contribution in [2.24, 2.45) is 10.9 Å². The molecule has 0 unspecified atom stereocenters. The molecule has 1 aromatic heterocycles. The van der Waals surface area contributed by atoms with Crippen molar-refractivity contribution in [2.75, 3.05) is 27.2 Å². The highest BCUT2D eigenvalue weighted by atomic mass is 16.5. The zero-order chi connectivity index (χ0) is 20.5. The number of hydrogen-bond acceptors (Lipinski definition) is 5. The highest BCUT2D eigenvalue weighted by Gasteiger charge is 2.26. The van der Waals surface area contributed by atoms with Crippen molar-refractivity contribution in [3.63, 3.8) is 0 Å². The van der Waals surface area contributed by atoms with Gasteiger partial charge in [0, 0.05) is 32.9 Å². The molecule has 1 aliphatic heterocycles. The second kappa shape index (κ2) is 10.5. The topological polar surface area (TPSA) is 76.1 Å². The van der Waals surface area contributed by atoms with E-state index in [0.29, 0.717) is 13.2 Å². The molecule has 0 spiro atoms. The van der Waals surface area contributed by atoms with E-state index in [-0.39, 0.29) is 11.9 Å². The Morgan fingerprint density at radius 1 is 1.21 bits per heavy atom. The first-order valence-electron chi connectivity index (χ1n) is 9.84. The van der Waals surface area contributed by atoms with Gasteiger partial charge in [0.2, 0.25) is 0 Å². The molecule has 0 bridgehead atoms. The summed E-state index contributed by atoms with van der Waals surface area (Å²) in [5, 5.41) is 3.40. The number of nitrogens with one attached hydrogen (secondary N) is 1. The predicted molar refractivity (Wildman–Crippen MR) is 112 cm³/mol. The summed E-state index contributed by atoms with van der Waals surface area (Å²) in [5.74, 6) is 1.54. The summed E-state index contributed by atoms with van der Waals surface area (Å²) in [4.78, 5) is 22.5. The molecule has 1 aliphatic rings. The van der Waals surface area contributed by atoms with Crippen molar-refractivity contribution in [1.29, 1.82) is 0 Å². The number of guanidine groups is 1. The van der Waals surface area contributed by atoms with Gasteiger partial charge in [-0.25, -0.2) is 0 Å². The number of nitrogens with zero attached hydrogens (tertiary/aromatic N) is 3. The zero-order valence-electron chi connectivity index (χ0n) is 17.0. The summed E-state index contributed by atoms with van der Waals surface area (Å²) in [6.07, 6.45) is 3.34. The quantitative estimate of drug-likeness (QED) is 0.460. The van der Waals surface area contributed by atoms with Crippen molar-refractivity contribution in [3.05, 3.63) is 59.9 Å². The molecule has 1 N–H and O–H groups in total. The van der Waals surface area contributed by atoms with Crippen molar-refractivity contribution < 1.29 is 14.3 Å². The Balaban J connectivity index is 1.45. The van der Waals surface area contributed by atoms with Gasteiger partial charge in [0.25, 0.3) is 0 Å². The number of ether oxygens (including phenoxy) is 2. The first-order chi connectivity index (χ1) is 14.2. The third kappa shape index (κ3) is 5.94. The number of aliphatic imine (C=N–C) groups is 1. The van der Waals surface area contributed by atoms with E-state index >= 15 is 0 Å². The van der Waals surface area contributed by atoms with Gasteiger partial charge in [0.05, 0.1) is 18.7 Å². The molecule has 1 aromatic carbocycles. The standard InChI is InChI=1S/C22H28N4O3/c1-23-22(26-13-10-18(11-14-26)21(27)28-2)25-15-17-6-8-20(9-7-17)29-16-19-5-3-4-12-24-19/h3-9,12,18H,10-11,13-16H2,1-2H3,(H,23,25). The fourth-order valence-electron chi connectivity index (χ4n) is 3.35. The lowest BCUT2D eigenvalue weighted by molar-refractivity contribution is -0.146. The summed E-state index contributed by atoms with van der Waals surface area (Å²) >= 11 is 0. The van der Waals surface area contributed by atoms with Crippen LogP contribution in [-0.4, -0.2) is 49.1 Å². The minimum atomic E-state index is -0.113. The first kappa shape index (κ1) is 20.6. The Morgan fingerprint density at radius 2 is 1.97 bits per heavy atom. The lowest BCUT2D eigenvalue weighted by Gasteiger charge is -2.33. The first-order valence-corrected chi connectivity index (χ1v) is 9.84. The largest absolute Gasteiger partial charge is 0.487 e. The number of carbonyl (C=O) groups is 1. The lowest BCUT2D eigenvalue weighted by Crippen LogP contribution is -2.46. The molecule has 7 nitrogen and oxygen atoms in total. The second-order valence-corrected chi connectivity index (χ2v) is 6.94. The number of aromatic nitrogens is 1. The summed E-state index contributed by atoms with van der Waals surface area (Å²) < 4.78 is 10.6. The molecule has 1 fully saturated rings. The maximum atomic E-state index is 11.7. The Morgan fingerprint density at radius 3 is 2.59 bits per heavy atom. The number of methoxy groups -OCH3 is 1. The van der Waals surface area contributed by atoms with E-state index in [2.05, 4.69) is 20.2 Å². The van der Waals surface area contributed by atoms with Gasteiger partial charge in [-0.05, 0) is 42.7 Å². The molecule has 154 valence electrons. The van der Waals surface area contributed by atoms with Crippen LogP contribution in [0.25, 0.3) is 0 Å². The van der Waals surface area contributed by atoms with Crippen LogP contribution in [0.15, 0.2) is 53.7 Å². The third-order valence-corrected chi connectivity index (χ3v) is 5.03. The van der Waals surface area contributed by atoms with Crippen LogP contribution >= 0.6 is 0 Å². The number of rotatable bonds is 6. The van der Waals surface area contributed by atoms with Gasteiger partial charge in [-0.1, -0.05) is 18.2 Å². The minimum Gasteiger partial charge on any atom is -0.487 e. The Labute approximate surface area is 171 Å². The molecule has 7 heteroatoms. The van der Waals surface area contributed by atoms with E-state index in [0.717, 1.165) is 48.9 Å². The van der Waals surface area contributed by atoms with E-state index in [1.54, 1.807) is 13.2 Å². The van der Waals surface area contributed by atoms with E-state index < -0.39 is 0 Å². The van der Waals surface area contributed by atoms with E-state index in [4.69, 9.17) is 9.47 Å². The number of carbonyl (C=O) groups excluding carboxylic acids is 1. The average Bonchev–Trinajstić information content (AvgIpc) is 2.79. The van der Waals surface area contributed by atoms with Gasteiger partial charge in [0.1, 0.15) is 12.4 Å². The highest BCUT2D eigenvalue weighted by molar-refractivity contribution is 5.80. The maximum absolute atomic E-state index is 11.7. The number of esters is 1. The van der Waals surface area contributed by atoms with E-state index in [1.165, 1.54) is 7.11 Å². The molecule has 2 heterocycles. The van der Waals surface area contributed by atoms with Crippen molar-refractivity contribution in [1.82, 2.24) is 15.2 Å². The van der Waals surface area contributed by atoms with Crippen molar-refractivity contribution in [2.45, 2.75) is 26.0 Å². The molecule has 3 rings (SSSR count). The summed E-state index contributed by atoms with van der Waals surface area (Å²) in [7, 11) is 3.23. The number of likely N-dealkylation sites (tertiary alicyclic amines) is 1. The number of pyridine rings is 1. The zero-order valence-corrected chi connectivity index (χ0v) is 17.0. The van der Waals surface area contributed by atoms with Crippen molar-refractivity contribution >= 4 is 11.9 Å². The number of hydrogen-bond donors (Lipinski definition) is 1. The normalized spacial score (nSPS) is 15.1. The van der Waals surface area contributed by atoms with Gasteiger partial charge in [-0.15, -0.1) is 0 Å². The van der Waals surface area contributed by atoms with Gasteiger partial charge < -0.3 is 19.7 Å². The molecule has 29 heavy (non-hydrogen) atoms. The van der Waals surface area contributed by atoms with Crippen LogP contribution < -0.4 is 10.1 Å². The van der Waals surface area contributed by atoms with Gasteiger partial charge in [-0.2, -0.15) is 0 Å². The summed E-state index contributed by atoms with van der Waals surface area (Å²) in [6, 6.07) is 13.8. The van der Waals surface area contributed by atoms with Crippen LogP contribution in [-0.2, 0) is 22.7 Å². The molecular weight excluding hydrogens is 368 g/mol. The van der Waals surface area contributed by atoms with Gasteiger partial charge in [0.15, 0.2) is 5.96 Å². The summed E-state index contributed by atoms with van der Waals surface area (Å²) in [6.45, 7) is 2.70. The van der Waals surface area contributed by atoms with Crippen LogP contribution in [0, 0.1) is 5.92 Å². The third-order valence-electron chi connectivity index (χ3n) is 5.03. The average molecular weight is 396 g/mol. The van der Waals surface area contributed by atoms with Crippen LogP contribution in [0.3, 0.4) is 0 Å². The van der Waals surface area contributed by atoms with Crippen molar-refractivity contribution in [3.8, 4) is 5.75 Å². The van der Waals surface area contributed by atoms with Gasteiger partial charge >= 0.3 is 5.97 Å². The van der Waals surface area contributed by atoms with E-state index in [1.807, 2.05) is 42.5 Å². The molecule has 2 aromatic rings. The predicted octanol–water partition coefficient (Wildman–Crippen LogP) is 2.62. The summed E-state index contributed by atoms with van der Waals surface area (Å²) in [5.41, 5.74) is 2.04. The fraction of sp³-hybridized carbons (Fsp3) is 0.409. The number of piperidine rings is 1. The molecule has 0 aliphatic carbocycles. The van der Waals surface area contributed by atoms with Crippen LogP contribution in [0.5, 0.6) is 5.75 Å². The molecule has 0 saturated carbocycles. The lowest BCUT2D eigenvalue weighted by atomic mass is 9.97. The molecule has 0 atom stereocenters. The number of benzene rings is 1.